The van der Waals surface area contributed by atoms with Gasteiger partial charge >= 0.3 is 0 Å². The van der Waals surface area contributed by atoms with Crippen LogP contribution in [0.4, 0.5) is 0 Å². The predicted octanol–water partition coefficient (Wildman–Crippen LogP) is 4.39. The lowest BCUT2D eigenvalue weighted by atomic mass is 9.95. The molecule has 3 amide bonds. The van der Waals surface area contributed by atoms with Crippen molar-refractivity contribution in [1.29, 1.82) is 0 Å². The van der Waals surface area contributed by atoms with E-state index in [1.165, 1.54) is 0 Å². The molecule has 8 heteroatoms. The summed E-state index contributed by atoms with van der Waals surface area (Å²) in [5, 5.41) is 18.0. The number of hydrogen-bond acceptors (Lipinski definition) is 5. The molecule has 0 radical (unpaired) electrons. The zero-order valence-electron chi connectivity index (χ0n) is 25.6. The van der Waals surface area contributed by atoms with Gasteiger partial charge in [-0.15, -0.1) is 0 Å². The number of carbonyl (C=O) groups excluding carboxylic acids is 3. The maximum Gasteiger partial charge on any atom is 0.253 e. The number of nitrogens with one attached hydrogen (secondary N) is 2. The number of benzene rings is 3. The molecule has 0 bridgehead atoms. The molecule has 1 heterocycles. The Morgan fingerprint density at radius 3 is 2.09 bits per heavy atom. The van der Waals surface area contributed by atoms with Crippen molar-refractivity contribution in [1.82, 2.24) is 20.4 Å². The first-order chi connectivity index (χ1) is 20.6. The second-order valence-electron chi connectivity index (χ2n) is 11.7. The molecule has 0 aliphatic carbocycles. The number of aliphatic hydroxyl groups excluding tert-OH is 1. The summed E-state index contributed by atoms with van der Waals surface area (Å²) in [6.45, 7) is 9.58. The number of hydrogen-bond donors (Lipinski definition) is 3. The molecule has 4 rings (SSSR count). The van der Waals surface area contributed by atoms with Crippen molar-refractivity contribution in [3.8, 4) is 0 Å². The third kappa shape index (κ3) is 7.89. The molecule has 1 fully saturated rings. The van der Waals surface area contributed by atoms with E-state index in [2.05, 4.69) is 10.6 Å². The summed E-state index contributed by atoms with van der Waals surface area (Å²) in [6.07, 6.45) is 0.792. The van der Waals surface area contributed by atoms with Crippen molar-refractivity contribution in [3.63, 3.8) is 0 Å². The van der Waals surface area contributed by atoms with Crippen molar-refractivity contribution in [2.75, 3.05) is 13.1 Å². The molecule has 3 aromatic carbocycles. The highest BCUT2D eigenvalue weighted by Gasteiger charge is 2.49. The Morgan fingerprint density at radius 1 is 0.907 bits per heavy atom. The highest BCUT2D eigenvalue weighted by atomic mass is 16.3. The summed E-state index contributed by atoms with van der Waals surface area (Å²) in [6, 6.07) is 24.3. The van der Waals surface area contributed by atoms with Gasteiger partial charge in [0, 0.05) is 30.8 Å². The SMILES string of the molecule is CCCN(CCC)C(=O)c1cccc(C(=O)N[C@@H](Cc2ccccc2)C(O)C2NC(C)(C)N(Cc3ccccc3)C2=O)c1. The van der Waals surface area contributed by atoms with Crippen LogP contribution in [0.1, 0.15) is 72.4 Å². The van der Waals surface area contributed by atoms with Crippen molar-refractivity contribution in [2.45, 2.75) is 77.4 Å². The first-order valence-electron chi connectivity index (χ1n) is 15.2. The molecule has 3 atom stereocenters. The highest BCUT2D eigenvalue weighted by Crippen LogP contribution is 2.27. The molecule has 228 valence electrons. The molecule has 0 aromatic heterocycles. The van der Waals surface area contributed by atoms with Crippen LogP contribution in [0.25, 0.3) is 0 Å². The minimum Gasteiger partial charge on any atom is -0.389 e. The molecule has 0 spiro atoms. The molecule has 1 saturated heterocycles. The van der Waals surface area contributed by atoms with E-state index in [0.29, 0.717) is 37.2 Å². The summed E-state index contributed by atoms with van der Waals surface area (Å²) in [4.78, 5) is 44.1. The maximum atomic E-state index is 13.7. The van der Waals surface area contributed by atoms with Crippen LogP contribution in [0.3, 0.4) is 0 Å². The lowest BCUT2D eigenvalue weighted by molar-refractivity contribution is -0.134. The number of carbonyl (C=O) groups is 3. The molecule has 1 aliphatic heterocycles. The van der Waals surface area contributed by atoms with Crippen LogP contribution < -0.4 is 10.6 Å². The summed E-state index contributed by atoms with van der Waals surface area (Å²) in [5.74, 6) is -0.757. The van der Waals surface area contributed by atoms with E-state index in [1.807, 2.05) is 88.4 Å². The largest absolute Gasteiger partial charge is 0.389 e. The number of amides is 3. The van der Waals surface area contributed by atoms with Gasteiger partial charge in [0.1, 0.15) is 6.04 Å². The summed E-state index contributed by atoms with van der Waals surface area (Å²) >= 11 is 0. The average Bonchev–Trinajstić information content (AvgIpc) is 3.24. The zero-order valence-corrected chi connectivity index (χ0v) is 25.6. The van der Waals surface area contributed by atoms with E-state index in [-0.39, 0.29) is 11.8 Å². The standard InChI is InChI=1S/C35H44N4O4/c1-5-20-38(21-6-2)33(42)28-19-13-18-27(23-28)32(41)36-29(22-25-14-9-7-10-15-25)31(40)30-34(43)39(35(3,4)37-30)24-26-16-11-8-12-17-26/h7-19,23,29-31,37,40H,5-6,20-22,24H2,1-4H3,(H,36,41)/t29-,30?,31?/m0/s1. The second-order valence-corrected chi connectivity index (χ2v) is 11.7. The normalized spacial score (nSPS) is 17.4. The van der Waals surface area contributed by atoms with E-state index in [0.717, 1.165) is 24.0 Å². The second kappa shape index (κ2) is 14.4. The van der Waals surface area contributed by atoms with Gasteiger partial charge in [-0.2, -0.15) is 0 Å². The summed E-state index contributed by atoms with van der Waals surface area (Å²) in [7, 11) is 0. The van der Waals surface area contributed by atoms with Gasteiger partial charge in [0.2, 0.25) is 5.91 Å². The van der Waals surface area contributed by atoms with Crippen molar-refractivity contribution >= 4 is 17.7 Å². The summed E-state index contributed by atoms with van der Waals surface area (Å²) in [5.41, 5.74) is 1.95. The molecule has 1 aliphatic rings. The Labute approximate surface area is 255 Å². The third-order valence-electron chi connectivity index (χ3n) is 7.91. The molecule has 8 nitrogen and oxygen atoms in total. The minimum absolute atomic E-state index is 0.110. The zero-order chi connectivity index (χ0) is 31.0. The molecule has 3 N–H and O–H groups in total. The van der Waals surface area contributed by atoms with Crippen molar-refractivity contribution in [2.24, 2.45) is 0 Å². The van der Waals surface area contributed by atoms with Gasteiger partial charge in [-0.25, -0.2) is 0 Å². The van der Waals surface area contributed by atoms with Crippen LogP contribution >= 0.6 is 0 Å². The van der Waals surface area contributed by atoms with E-state index >= 15 is 0 Å². The molecule has 0 saturated carbocycles. The van der Waals surface area contributed by atoms with Gasteiger partial charge in [-0.1, -0.05) is 80.6 Å². The number of aliphatic hydroxyl groups is 1. The molecule has 43 heavy (non-hydrogen) atoms. The fourth-order valence-electron chi connectivity index (χ4n) is 5.68. The Kier molecular flexibility index (Phi) is 10.7. The van der Waals surface area contributed by atoms with E-state index < -0.39 is 29.8 Å². The Bertz CT molecular complexity index is 1370. The fraction of sp³-hybridized carbons (Fsp3) is 0.400. The van der Waals surface area contributed by atoms with Gasteiger partial charge in [0.25, 0.3) is 11.8 Å². The highest BCUT2D eigenvalue weighted by molar-refractivity contribution is 6.00. The topological polar surface area (TPSA) is 102 Å². The quantitative estimate of drug-likeness (QED) is 0.277. The molecular formula is C35H44N4O4. The van der Waals surface area contributed by atoms with Crippen LogP contribution in [0, 0.1) is 0 Å². The van der Waals surface area contributed by atoms with E-state index in [9.17, 15) is 19.5 Å². The molecular weight excluding hydrogens is 540 g/mol. The van der Waals surface area contributed by atoms with Crippen LogP contribution in [-0.2, 0) is 17.8 Å². The maximum absolute atomic E-state index is 13.7. The van der Waals surface area contributed by atoms with Gasteiger partial charge in [0.15, 0.2) is 0 Å². The van der Waals surface area contributed by atoms with Gasteiger partial charge in [0.05, 0.1) is 17.8 Å². The smallest absolute Gasteiger partial charge is 0.253 e. The van der Waals surface area contributed by atoms with Crippen LogP contribution in [0.2, 0.25) is 0 Å². The van der Waals surface area contributed by atoms with E-state index in [4.69, 9.17) is 0 Å². The first-order valence-corrected chi connectivity index (χ1v) is 15.2. The van der Waals surface area contributed by atoms with Crippen LogP contribution in [-0.4, -0.2) is 69.6 Å². The summed E-state index contributed by atoms with van der Waals surface area (Å²) < 4.78 is 0. The van der Waals surface area contributed by atoms with Gasteiger partial charge in [-0.3, -0.25) is 19.7 Å². The fourth-order valence-corrected chi connectivity index (χ4v) is 5.68. The van der Waals surface area contributed by atoms with Crippen LogP contribution in [0.5, 0.6) is 0 Å². The Balaban J connectivity index is 1.56. The lowest BCUT2D eigenvalue weighted by Crippen LogP contribution is -2.55. The number of rotatable bonds is 13. The predicted molar refractivity (Wildman–Crippen MR) is 168 cm³/mol. The molecule has 2 unspecified atom stereocenters. The van der Waals surface area contributed by atoms with Crippen molar-refractivity contribution in [3.05, 3.63) is 107 Å². The Morgan fingerprint density at radius 2 is 1.49 bits per heavy atom. The molecule has 3 aromatic rings. The third-order valence-corrected chi connectivity index (χ3v) is 7.91. The van der Waals surface area contributed by atoms with Gasteiger partial charge < -0.3 is 20.2 Å². The number of nitrogens with zero attached hydrogens (tertiary/aromatic N) is 2. The first kappa shape index (κ1) is 31.9. The van der Waals surface area contributed by atoms with Crippen molar-refractivity contribution < 1.29 is 19.5 Å². The van der Waals surface area contributed by atoms with Crippen LogP contribution in [0.15, 0.2) is 84.9 Å². The van der Waals surface area contributed by atoms with E-state index in [1.54, 1.807) is 34.1 Å². The monoisotopic (exact) mass is 584 g/mol. The Hall–Kier alpha value is -4.01. The average molecular weight is 585 g/mol. The van der Waals surface area contributed by atoms with Gasteiger partial charge in [-0.05, 0) is 62.4 Å². The lowest BCUT2D eigenvalue weighted by Gasteiger charge is -2.31. The minimum atomic E-state index is -1.22.